The van der Waals surface area contributed by atoms with E-state index in [1.807, 2.05) is 30.3 Å². The van der Waals surface area contributed by atoms with Gasteiger partial charge in [-0.3, -0.25) is 9.79 Å². The Hall–Kier alpha value is -2.60. The van der Waals surface area contributed by atoms with Crippen molar-refractivity contribution in [1.29, 1.82) is 0 Å². The molecular formula is C18H14N2O3S. The largest absolute Gasteiger partial charge is 0.422 e. The summed E-state index contributed by atoms with van der Waals surface area (Å²) in [6.45, 7) is 1.52. The molecule has 0 saturated carbocycles. The number of carbonyl (C=O) groups is 1. The van der Waals surface area contributed by atoms with Crippen LogP contribution in [0.4, 0.5) is 0 Å². The van der Waals surface area contributed by atoms with Crippen molar-refractivity contribution in [1.82, 2.24) is 5.32 Å². The molecule has 0 bridgehead atoms. The number of benzene rings is 2. The smallest absolute Gasteiger partial charge is 0.347 e. The van der Waals surface area contributed by atoms with Crippen LogP contribution in [0.25, 0.3) is 21.7 Å². The van der Waals surface area contributed by atoms with Gasteiger partial charge in [0.1, 0.15) is 11.1 Å². The van der Waals surface area contributed by atoms with E-state index in [1.54, 1.807) is 12.1 Å². The summed E-state index contributed by atoms with van der Waals surface area (Å²) < 4.78 is 5.36. The lowest BCUT2D eigenvalue weighted by atomic mass is 10.0. The minimum absolute atomic E-state index is 0.0879. The van der Waals surface area contributed by atoms with Gasteiger partial charge in [-0.1, -0.05) is 42.1 Å². The Morgan fingerprint density at radius 2 is 2.08 bits per heavy atom. The molecule has 0 fully saturated rings. The molecule has 6 heteroatoms. The van der Waals surface area contributed by atoms with Gasteiger partial charge < -0.3 is 9.73 Å². The van der Waals surface area contributed by atoms with Crippen LogP contribution < -0.4 is 10.9 Å². The van der Waals surface area contributed by atoms with Gasteiger partial charge in [-0.25, -0.2) is 4.79 Å². The van der Waals surface area contributed by atoms with E-state index in [9.17, 15) is 9.59 Å². The summed E-state index contributed by atoms with van der Waals surface area (Å²) in [5.74, 6) is -0.0904. The molecule has 2 aromatic carbocycles. The number of aliphatic imine (C=N–C) groups is 1. The Balaban J connectivity index is 1.74. The number of hydrogen-bond acceptors (Lipinski definition) is 6. The number of fused-ring (bicyclic) bond motifs is 3. The highest BCUT2D eigenvalue weighted by atomic mass is 32.2. The van der Waals surface area contributed by atoms with E-state index in [4.69, 9.17) is 4.42 Å². The maximum absolute atomic E-state index is 12.4. The number of nitrogens with zero attached hydrogens (tertiary/aromatic N) is 1. The molecule has 0 aliphatic carbocycles. The van der Waals surface area contributed by atoms with Crippen molar-refractivity contribution in [2.75, 3.05) is 18.8 Å². The summed E-state index contributed by atoms with van der Waals surface area (Å²) in [6, 6.07) is 13.1. The molecule has 1 aromatic heterocycles. The second-order valence-corrected chi connectivity index (χ2v) is 6.44. The number of thioether (sulfide) groups is 1. The molecule has 0 saturated heterocycles. The van der Waals surface area contributed by atoms with Crippen molar-refractivity contribution in [2.24, 2.45) is 4.99 Å². The lowest BCUT2D eigenvalue weighted by Gasteiger charge is -2.05. The van der Waals surface area contributed by atoms with Crippen LogP contribution in [0.3, 0.4) is 0 Å². The third-order valence-electron chi connectivity index (χ3n) is 3.93. The maximum atomic E-state index is 12.4. The topological polar surface area (TPSA) is 71.7 Å². The monoisotopic (exact) mass is 338 g/mol. The summed E-state index contributed by atoms with van der Waals surface area (Å²) in [6.07, 6.45) is 0. The normalized spacial score (nSPS) is 13.9. The van der Waals surface area contributed by atoms with E-state index in [0.29, 0.717) is 5.58 Å². The first-order valence-corrected chi connectivity index (χ1v) is 8.61. The Bertz CT molecular complexity index is 1040. The van der Waals surface area contributed by atoms with Gasteiger partial charge in [0.2, 0.25) is 0 Å². The quantitative estimate of drug-likeness (QED) is 0.452. The van der Waals surface area contributed by atoms with Gasteiger partial charge in [-0.05, 0) is 22.9 Å². The molecular weight excluding hydrogens is 324 g/mol. The zero-order valence-corrected chi connectivity index (χ0v) is 13.6. The van der Waals surface area contributed by atoms with Gasteiger partial charge in [-0.2, -0.15) is 0 Å². The number of amidine groups is 1. The van der Waals surface area contributed by atoms with Crippen LogP contribution in [0, 0.1) is 0 Å². The first-order valence-electron chi connectivity index (χ1n) is 7.62. The molecule has 2 heterocycles. The predicted octanol–water partition coefficient (Wildman–Crippen LogP) is 2.82. The number of ketones is 1. The SMILES string of the molecule is O=C(CSC1=NCCN1)c1cc2c(ccc3ccccc32)oc1=O. The molecule has 120 valence electrons. The van der Waals surface area contributed by atoms with Gasteiger partial charge >= 0.3 is 5.63 Å². The molecule has 1 aliphatic heterocycles. The summed E-state index contributed by atoms with van der Waals surface area (Å²) in [4.78, 5) is 28.8. The third kappa shape index (κ3) is 2.69. The van der Waals surface area contributed by atoms with E-state index >= 15 is 0 Å². The zero-order chi connectivity index (χ0) is 16.5. The molecule has 0 unspecified atom stereocenters. The zero-order valence-electron chi connectivity index (χ0n) is 12.7. The fraction of sp³-hybridized carbons (Fsp3) is 0.167. The van der Waals surface area contributed by atoms with E-state index < -0.39 is 5.63 Å². The number of rotatable bonds is 3. The van der Waals surface area contributed by atoms with Crippen molar-refractivity contribution < 1.29 is 9.21 Å². The minimum atomic E-state index is -0.593. The van der Waals surface area contributed by atoms with Crippen LogP contribution in [0.1, 0.15) is 10.4 Å². The Morgan fingerprint density at radius 3 is 2.92 bits per heavy atom. The van der Waals surface area contributed by atoms with Crippen LogP contribution in [0.15, 0.2) is 56.7 Å². The lowest BCUT2D eigenvalue weighted by Crippen LogP contribution is -2.20. The number of hydrogen-bond donors (Lipinski definition) is 1. The standard InChI is InChI=1S/C18H14N2O3S/c21-15(10-24-18-19-7-8-20-18)14-9-13-12-4-2-1-3-11(12)5-6-16(13)23-17(14)22/h1-6,9H,7-8,10H2,(H,19,20). The molecule has 3 aromatic rings. The van der Waals surface area contributed by atoms with E-state index in [0.717, 1.165) is 34.4 Å². The van der Waals surface area contributed by atoms with Crippen LogP contribution >= 0.6 is 11.8 Å². The Kier molecular flexibility index (Phi) is 3.82. The van der Waals surface area contributed by atoms with E-state index in [1.165, 1.54) is 11.8 Å². The van der Waals surface area contributed by atoms with Crippen molar-refractivity contribution in [3.05, 3.63) is 58.4 Å². The van der Waals surface area contributed by atoms with Crippen LogP contribution in [0.2, 0.25) is 0 Å². The predicted molar refractivity (Wildman–Crippen MR) is 97.1 cm³/mol. The number of carbonyl (C=O) groups excluding carboxylic acids is 1. The van der Waals surface area contributed by atoms with Crippen molar-refractivity contribution >= 4 is 44.5 Å². The van der Waals surface area contributed by atoms with Gasteiger partial charge in [0.15, 0.2) is 11.0 Å². The van der Waals surface area contributed by atoms with Crippen LogP contribution in [0.5, 0.6) is 0 Å². The summed E-state index contributed by atoms with van der Waals surface area (Å²) in [5, 5.41) is 6.61. The van der Waals surface area contributed by atoms with Gasteiger partial charge in [0.05, 0.1) is 12.3 Å². The molecule has 5 nitrogen and oxygen atoms in total. The van der Waals surface area contributed by atoms with Crippen LogP contribution in [-0.4, -0.2) is 29.8 Å². The molecule has 0 radical (unpaired) electrons. The second kappa shape index (κ2) is 6.13. The molecule has 4 rings (SSSR count). The van der Waals surface area contributed by atoms with Gasteiger partial charge in [0, 0.05) is 11.9 Å². The first kappa shape index (κ1) is 15.0. The minimum Gasteiger partial charge on any atom is -0.422 e. The van der Waals surface area contributed by atoms with Gasteiger partial charge in [-0.15, -0.1) is 0 Å². The molecule has 0 spiro atoms. The number of Topliss-reactive ketones (excluding diaryl/α,β-unsaturated/α-hetero) is 1. The van der Waals surface area contributed by atoms with Crippen LogP contribution in [-0.2, 0) is 0 Å². The molecule has 1 N–H and O–H groups in total. The van der Waals surface area contributed by atoms with Crippen molar-refractivity contribution in [2.45, 2.75) is 0 Å². The molecule has 0 atom stereocenters. The van der Waals surface area contributed by atoms with Crippen molar-refractivity contribution in [3.8, 4) is 0 Å². The fourth-order valence-corrected chi connectivity index (χ4v) is 3.56. The molecule has 24 heavy (non-hydrogen) atoms. The average molecular weight is 338 g/mol. The maximum Gasteiger partial charge on any atom is 0.347 e. The Labute approximate surface area is 141 Å². The lowest BCUT2D eigenvalue weighted by molar-refractivity contribution is 0.101. The Morgan fingerprint density at radius 1 is 1.21 bits per heavy atom. The highest BCUT2D eigenvalue weighted by Crippen LogP contribution is 2.25. The summed E-state index contributed by atoms with van der Waals surface area (Å²) in [7, 11) is 0. The third-order valence-corrected chi connectivity index (χ3v) is 4.88. The average Bonchev–Trinajstić information content (AvgIpc) is 3.12. The second-order valence-electron chi connectivity index (χ2n) is 5.47. The number of nitrogens with one attached hydrogen (secondary N) is 1. The van der Waals surface area contributed by atoms with E-state index in [-0.39, 0.29) is 17.1 Å². The first-order chi connectivity index (χ1) is 11.7. The van der Waals surface area contributed by atoms with Gasteiger partial charge in [0.25, 0.3) is 0 Å². The van der Waals surface area contributed by atoms with Crippen molar-refractivity contribution in [3.63, 3.8) is 0 Å². The summed E-state index contributed by atoms with van der Waals surface area (Å²) in [5.41, 5.74) is -0.0145. The molecule has 0 amide bonds. The fourth-order valence-electron chi connectivity index (χ4n) is 2.75. The highest BCUT2D eigenvalue weighted by Gasteiger charge is 2.17. The molecule has 1 aliphatic rings. The summed E-state index contributed by atoms with van der Waals surface area (Å²) >= 11 is 1.31. The highest BCUT2D eigenvalue weighted by molar-refractivity contribution is 8.14. The van der Waals surface area contributed by atoms with E-state index in [2.05, 4.69) is 10.3 Å².